The van der Waals surface area contributed by atoms with Crippen LogP contribution in [0.25, 0.3) is 0 Å². The lowest BCUT2D eigenvalue weighted by molar-refractivity contribution is 0.0819. The molecule has 1 saturated heterocycles. The third-order valence-electron chi connectivity index (χ3n) is 4.80. The van der Waals surface area contributed by atoms with Crippen molar-refractivity contribution >= 4 is 0 Å². The van der Waals surface area contributed by atoms with E-state index in [9.17, 15) is 0 Å². The molecule has 0 radical (unpaired) electrons. The number of hydrogen-bond donors (Lipinski definition) is 1. The first-order valence-electron chi connectivity index (χ1n) is 8.03. The third-order valence-corrected chi connectivity index (χ3v) is 4.80. The highest BCUT2D eigenvalue weighted by Crippen LogP contribution is 2.21. The molecule has 0 aromatic carbocycles. The topological polar surface area (TPSA) is 28.2 Å². The smallest absolute Gasteiger partial charge is 0.0573 e. The number of nitrogens with one attached hydrogen (secondary N) is 1. The predicted molar refractivity (Wildman–Crippen MR) is 84.7 cm³/mol. The van der Waals surface area contributed by atoms with Gasteiger partial charge in [-0.25, -0.2) is 0 Å². The van der Waals surface area contributed by atoms with Crippen LogP contribution in [-0.4, -0.2) is 35.1 Å². The van der Waals surface area contributed by atoms with Crippen LogP contribution in [0.4, 0.5) is 0 Å². The van der Waals surface area contributed by atoms with E-state index >= 15 is 0 Å². The van der Waals surface area contributed by atoms with Crippen LogP contribution in [0.1, 0.15) is 44.9 Å². The van der Waals surface area contributed by atoms with Gasteiger partial charge < -0.3 is 5.32 Å². The zero-order valence-corrected chi connectivity index (χ0v) is 13.4. The number of rotatable bonds is 5. The fourth-order valence-electron chi connectivity index (χ4n) is 3.06. The second-order valence-electron chi connectivity index (χ2n) is 6.16. The molecular weight excluding hydrogens is 246 g/mol. The standard InChI is InChI=1S/C17H29N3/c1-5-13(3)17-10-19-15(6-2)11-20(17)12-16-14(4)8-7-9-18-16/h7-9,13,15,17,19H,5-6,10-12H2,1-4H3. The van der Waals surface area contributed by atoms with Gasteiger partial charge in [0.25, 0.3) is 0 Å². The first-order chi connectivity index (χ1) is 9.65. The molecule has 1 aliphatic rings. The Kier molecular flexibility index (Phi) is 5.55. The van der Waals surface area contributed by atoms with Crippen molar-refractivity contribution in [3.8, 4) is 0 Å². The quantitative estimate of drug-likeness (QED) is 0.895. The Morgan fingerprint density at radius 1 is 1.45 bits per heavy atom. The lowest BCUT2D eigenvalue weighted by atomic mass is 9.93. The van der Waals surface area contributed by atoms with Gasteiger partial charge in [-0.05, 0) is 30.9 Å². The molecule has 1 aliphatic heterocycles. The molecule has 1 aromatic heterocycles. The number of piperazine rings is 1. The van der Waals surface area contributed by atoms with Gasteiger partial charge in [0.05, 0.1) is 5.69 Å². The second kappa shape index (κ2) is 7.19. The first-order valence-corrected chi connectivity index (χ1v) is 8.03. The van der Waals surface area contributed by atoms with Crippen LogP contribution in [0.5, 0.6) is 0 Å². The van der Waals surface area contributed by atoms with Crippen LogP contribution < -0.4 is 5.32 Å². The van der Waals surface area contributed by atoms with Gasteiger partial charge in [0.2, 0.25) is 0 Å². The summed E-state index contributed by atoms with van der Waals surface area (Å²) in [5.74, 6) is 0.726. The fourth-order valence-corrected chi connectivity index (χ4v) is 3.06. The van der Waals surface area contributed by atoms with Gasteiger partial charge >= 0.3 is 0 Å². The Balaban J connectivity index is 2.12. The molecule has 0 aliphatic carbocycles. The monoisotopic (exact) mass is 275 g/mol. The summed E-state index contributed by atoms with van der Waals surface area (Å²) in [6, 6.07) is 5.45. The molecule has 1 N–H and O–H groups in total. The molecule has 0 amide bonds. The molecule has 0 bridgehead atoms. The molecule has 3 atom stereocenters. The lowest BCUT2D eigenvalue weighted by Gasteiger charge is -2.43. The van der Waals surface area contributed by atoms with E-state index in [2.05, 4.69) is 49.0 Å². The van der Waals surface area contributed by atoms with Crippen molar-refractivity contribution < 1.29 is 0 Å². The highest BCUT2D eigenvalue weighted by molar-refractivity contribution is 5.17. The van der Waals surface area contributed by atoms with E-state index in [0.29, 0.717) is 12.1 Å². The molecule has 3 nitrogen and oxygen atoms in total. The predicted octanol–water partition coefficient (Wildman–Crippen LogP) is 2.99. The second-order valence-corrected chi connectivity index (χ2v) is 6.16. The molecule has 1 aromatic rings. The maximum Gasteiger partial charge on any atom is 0.0573 e. The minimum atomic E-state index is 0.624. The van der Waals surface area contributed by atoms with Gasteiger partial charge in [-0.1, -0.05) is 33.3 Å². The molecule has 0 saturated carbocycles. The van der Waals surface area contributed by atoms with Gasteiger partial charge in [0, 0.05) is 37.9 Å². The van der Waals surface area contributed by atoms with Crippen molar-refractivity contribution in [1.29, 1.82) is 0 Å². The minimum Gasteiger partial charge on any atom is -0.311 e. The summed E-state index contributed by atoms with van der Waals surface area (Å²) in [4.78, 5) is 7.23. The van der Waals surface area contributed by atoms with Crippen molar-refractivity contribution in [3.63, 3.8) is 0 Å². The Hall–Kier alpha value is -0.930. The summed E-state index contributed by atoms with van der Waals surface area (Å²) >= 11 is 0. The van der Waals surface area contributed by atoms with E-state index in [1.54, 1.807) is 0 Å². The van der Waals surface area contributed by atoms with E-state index in [4.69, 9.17) is 0 Å². The normalized spacial score (nSPS) is 25.6. The lowest BCUT2D eigenvalue weighted by Crippen LogP contribution is -2.57. The van der Waals surface area contributed by atoms with Gasteiger partial charge in [0.15, 0.2) is 0 Å². The number of aromatic nitrogens is 1. The summed E-state index contributed by atoms with van der Waals surface area (Å²) < 4.78 is 0. The van der Waals surface area contributed by atoms with Crippen LogP contribution in [0.2, 0.25) is 0 Å². The Labute approximate surface area is 123 Å². The zero-order chi connectivity index (χ0) is 14.5. The van der Waals surface area contributed by atoms with Crippen LogP contribution in [-0.2, 0) is 6.54 Å². The molecule has 20 heavy (non-hydrogen) atoms. The Bertz CT molecular complexity index is 418. The van der Waals surface area contributed by atoms with Crippen LogP contribution in [0.3, 0.4) is 0 Å². The Morgan fingerprint density at radius 3 is 2.90 bits per heavy atom. The summed E-state index contributed by atoms with van der Waals surface area (Å²) in [5.41, 5.74) is 2.54. The van der Waals surface area contributed by atoms with E-state index in [1.807, 2.05) is 12.3 Å². The molecule has 0 spiro atoms. The van der Waals surface area contributed by atoms with E-state index < -0.39 is 0 Å². The maximum atomic E-state index is 4.58. The fraction of sp³-hybridized carbons (Fsp3) is 0.706. The first kappa shape index (κ1) is 15.5. The molecular formula is C17H29N3. The van der Waals surface area contributed by atoms with Crippen molar-refractivity contribution in [1.82, 2.24) is 15.2 Å². The van der Waals surface area contributed by atoms with Crippen molar-refractivity contribution in [3.05, 3.63) is 29.6 Å². The molecule has 1 fully saturated rings. The zero-order valence-electron chi connectivity index (χ0n) is 13.4. The summed E-state index contributed by atoms with van der Waals surface area (Å²) in [5, 5.41) is 3.70. The maximum absolute atomic E-state index is 4.58. The number of hydrogen-bond acceptors (Lipinski definition) is 3. The SMILES string of the molecule is CCC1CN(Cc2ncccc2C)C(C(C)CC)CN1. The summed E-state index contributed by atoms with van der Waals surface area (Å²) in [6.45, 7) is 12.3. The van der Waals surface area contributed by atoms with Crippen molar-refractivity contribution in [2.45, 2.75) is 59.2 Å². The van der Waals surface area contributed by atoms with Gasteiger partial charge in [-0.15, -0.1) is 0 Å². The minimum absolute atomic E-state index is 0.624. The average molecular weight is 275 g/mol. The highest BCUT2D eigenvalue weighted by atomic mass is 15.2. The van der Waals surface area contributed by atoms with Gasteiger partial charge in [-0.3, -0.25) is 9.88 Å². The van der Waals surface area contributed by atoms with Gasteiger partial charge in [-0.2, -0.15) is 0 Å². The highest BCUT2D eigenvalue weighted by Gasteiger charge is 2.30. The summed E-state index contributed by atoms with van der Waals surface area (Å²) in [6.07, 6.45) is 4.35. The number of pyridine rings is 1. The van der Waals surface area contributed by atoms with E-state index in [0.717, 1.165) is 25.6 Å². The van der Waals surface area contributed by atoms with Crippen LogP contribution >= 0.6 is 0 Å². The van der Waals surface area contributed by atoms with E-state index in [-0.39, 0.29) is 0 Å². The van der Waals surface area contributed by atoms with E-state index in [1.165, 1.54) is 24.1 Å². The largest absolute Gasteiger partial charge is 0.311 e. The summed E-state index contributed by atoms with van der Waals surface area (Å²) in [7, 11) is 0. The van der Waals surface area contributed by atoms with Crippen molar-refractivity contribution in [2.24, 2.45) is 5.92 Å². The third kappa shape index (κ3) is 3.58. The van der Waals surface area contributed by atoms with Gasteiger partial charge in [0.1, 0.15) is 0 Å². The number of nitrogens with zero attached hydrogens (tertiary/aromatic N) is 2. The van der Waals surface area contributed by atoms with Crippen LogP contribution in [0.15, 0.2) is 18.3 Å². The Morgan fingerprint density at radius 2 is 2.25 bits per heavy atom. The molecule has 112 valence electrons. The molecule has 2 rings (SSSR count). The molecule has 3 heteroatoms. The molecule has 2 heterocycles. The van der Waals surface area contributed by atoms with Crippen LogP contribution in [0, 0.1) is 12.8 Å². The van der Waals surface area contributed by atoms with Crippen molar-refractivity contribution in [2.75, 3.05) is 13.1 Å². The number of aryl methyl sites for hydroxylation is 1. The molecule has 3 unspecified atom stereocenters. The average Bonchev–Trinajstić information content (AvgIpc) is 2.48.